The molecule has 6 heteroatoms. The number of aromatic amines is 1. The Morgan fingerprint density at radius 1 is 1.15 bits per heavy atom. The van der Waals surface area contributed by atoms with Crippen molar-refractivity contribution in [3.8, 4) is 0 Å². The molecule has 1 saturated heterocycles. The molecule has 2 saturated carbocycles. The van der Waals surface area contributed by atoms with E-state index >= 15 is 0 Å². The summed E-state index contributed by atoms with van der Waals surface area (Å²) in [7, 11) is 0. The average molecular weight is 352 g/mol. The van der Waals surface area contributed by atoms with Gasteiger partial charge < -0.3 is 10.0 Å². The van der Waals surface area contributed by atoms with Crippen LogP contribution < -0.4 is 0 Å². The fraction of sp³-hybridized carbons (Fsp3) is 0.550. The van der Waals surface area contributed by atoms with E-state index in [1.165, 1.54) is 25.7 Å². The van der Waals surface area contributed by atoms with Gasteiger partial charge in [0.1, 0.15) is 5.82 Å². The second-order valence-corrected chi connectivity index (χ2v) is 8.03. The number of carbonyl (C=O) groups excluding carboxylic acids is 1. The van der Waals surface area contributed by atoms with Crippen molar-refractivity contribution < 1.29 is 9.90 Å². The SMILES string of the molecule is O=C(c1ccc(CO)cc1)N1C[C@H](c2nc(C3CC3)n[nH]2)[C@@H](C2CC2)C1. The van der Waals surface area contributed by atoms with Gasteiger partial charge in [-0.25, -0.2) is 4.98 Å². The van der Waals surface area contributed by atoms with Gasteiger partial charge in [-0.1, -0.05) is 12.1 Å². The average Bonchev–Trinajstić information content (AvgIpc) is 3.61. The molecule has 2 aromatic rings. The summed E-state index contributed by atoms with van der Waals surface area (Å²) < 4.78 is 0. The molecular weight excluding hydrogens is 328 g/mol. The lowest BCUT2D eigenvalue weighted by Crippen LogP contribution is -2.29. The van der Waals surface area contributed by atoms with Gasteiger partial charge in [-0.2, -0.15) is 5.10 Å². The summed E-state index contributed by atoms with van der Waals surface area (Å²) >= 11 is 0. The number of amides is 1. The first-order valence-corrected chi connectivity index (χ1v) is 9.64. The predicted octanol–water partition coefficient (Wildman–Crippen LogP) is 2.44. The van der Waals surface area contributed by atoms with Crippen LogP contribution in [0.5, 0.6) is 0 Å². The third kappa shape index (κ3) is 2.92. The van der Waals surface area contributed by atoms with Gasteiger partial charge in [0.15, 0.2) is 5.82 Å². The van der Waals surface area contributed by atoms with Crippen LogP contribution in [0.2, 0.25) is 0 Å². The van der Waals surface area contributed by atoms with E-state index in [1.807, 2.05) is 29.2 Å². The monoisotopic (exact) mass is 352 g/mol. The highest BCUT2D eigenvalue weighted by Gasteiger charge is 2.46. The number of rotatable bonds is 5. The molecule has 1 amide bonds. The summed E-state index contributed by atoms with van der Waals surface area (Å²) in [5.41, 5.74) is 1.51. The Hall–Kier alpha value is -2.21. The highest BCUT2D eigenvalue weighted by Crippen LogP contribution is 2.47. The fourth-order valence-electron chi connectivity index (χ4n) is 4.20. The van der Waals surface area contributed by atoms with Gasteiger partial charge in [0.25, 0.3) is 5.91 Å². The third-order valence-corrected chi connectivity index (χ3v) is 6.08. The zero-order valence-corrected chi connectivity index (χ0v) is 14.8. The Bertz CT molecular complexity index is 807. The van der Waals surface area contributed by atoms with Crippen LogP contribution in [0.15, 0.2) is 24.3 Å². The summed E-state index contributed by atoms with van der Waals surface area (Å²) in [5.74, 6) is 4.00. The quantitative estimate of drug-likeness (QED) is 0.866. The maximum absolute atomic E-state index is 13.0. The zero-order chi connectivity index (χ0) is 17.7. The first kappa shape index (κ1) is 16.0. The molecule has 2 heterocycles. The van der Waals surface area contributed by atoms with E-state index in [0.717, 1.165) is 23.8 Å². The van der Waals surface area contributed by atoms with Crippen LogP contribution in [0.1, 0.15) is 65.1 Å². The van der Waals surface area contributed by atoms with Gasteiger partial charge >= 0.3 is 0 Å². The highest BCUT2D eigenvalue weighted by atomic mass is 16.3. The number of hydrogen-bond donors (Lipinski definition) is 2. The molecule has 26 heavy (non-hydrogen) atoms. The van der Waals surface area contributed by atoms with Crippen LogP contribution in [0.4, 0.5) is 0 Å². The molecule has 136 valence electrons. The molecule has 2 N–H and O–H groups in total. The van der Waals surface area contributed by atoms with Crippen LogP contribution in [-0.4, -0.2) is 44.2 Å². The Morgan fingerprint density at radius 3 is 2.58 bits per heavy atom. The Balaban J connectivity index is 1.36. The van der Waals surface area contributed by atoms with E-state index in [9.17, 15) is 9.90 Å². The molecule has 1 aromatic heterocycles. The van der Waals surface area contributed by atoms with E-state index < -0.39 is 0 Å². The minimum absolute atomic E-state index is 0.00116. The molecule has 1 aliphatic heterocycles. The number of hydrogen-bond acceptors (Lipinski definition) is 4. The van der Waals surface area contributed by atoms with Crippen LogP contribution >= 0.6 is 0 Å². The number of carbonyl (C=O) groups is 1. The van der Waals surface area contributed by atoms with E-state index in [2.05, 4.69) is 10.2 Å². The molecule has 3 fully saturated rings. The summed E-state index contributed by atoms with van der Waals surface area (Å²) in [6.07, 6.45) is 4.92. The van der Waals surface area contributed by atoms with Crippen molar-refractivity contribution in [2.24, 2.45) is 11.8 Å². The highest BCUT2D eigenvalue weighted by molar-refractivity contribution is 5.94. The number of aliphatic hydroxyl groups is 1. The summed E-state index contributed by atoms with van der Waals surface area (Å²) in [4.78, 5) is 19.7. The maximum atomic E-state index is 13.0. The number of likely N-dealkylation sites (tertiary alicyclic amines) is 1. The number of nitrogens with zero attached hydrogens (tertiary/aromatic N) is 3. The van der Waals surface area contributed by atoms with Gasteiger partial charge in [0.2, 0.25) is 0 Å². The maximum Gasteiger partial charge on any atom is 0.253 e. The molecule has 0 radical (unpaired) electrons. The third-order valence-electron chi connectivity index (χ3n) is 6.08. The minimum Gasteiger partial charge on any atom is -0.392 e. The molecule has 0 spiro atoms. The van der Waals surface area contributed by atoms with Gasteiger partial charge in [-0.05, 0) is 55.2 Å². The zero-order valence-electron chi connectivity index (χ0n) is 14.8. The molecular formula is C20H24N4O2. The number of H-pyrrole nitrogens is 1. The van der Waals surface area contributed by atoms with Crippen LogP contribution in [0.25, 0.3) is 0 Å². The molecule has 5 rings (SSSR count). The molecule has 2 aliphatic carbocycles. The minimum atomic E-state index is -0.00116. The number of aromatic nitrogens is 3. The smallest absolute Gasteiger partial charge is 0.253 e. The Kier molecular flexibility index (Phi) is 3.81. The van der Waals surface area contributed by atoms with Gasteiger partial charge in [-0.3, -0.25) is 9.89 Å². The fourth-order valence-corrected chi connectivity index (χ4v) is 4.20. The van der Waals surface area contributed by atoms with Crippen molar-refractivity contribution >= 4 is 5.91 Å². The van der Waals surface area contributed by atoms with E-state index in [4.69, 9.17) is 4.98 Å². The van der Waals surface area contributed by atoms with Crippen molar-refractivity contribution in [3.05, 3.63) is 47.0 Å². The molecule has 0 bridgehead atoms. The van der Waals surface area contributed by atoms with E-state index in [-0.39, 0.29) is 18.4 Å². The van der Waals surface area contributed by atoms with E-state index in [1.54, 1.807) is 0 Å². The molecule has 2 atom stereocenters. The second kappa shape index (κ2) is 6.20. The number of aliphatic hydroxyl groups excluding tert-OH is 1. The van der Waals surface area contributed by atoms with Crippen molar-refractivity contribution in [3.63, 3.8) is 0 Å². The lowest BCUT2D eigenvalue weighted by atomic mass is 9.91. The van der Waals surface area contributed by atoms with E-state index in [0.29, 0.717) is 29.9 Å². The normalized spacial score (nSPS) is 25.7. The first-order valence-electron chi connectivity index (χ1n) is 9.64. The molecule has 6 nitrogen and oxygen atoms in total. The largest absolute Gasteiger partial charge is 0.392 e. The molecule has 0 unspecified atom stereocenters. The lowest BCUT2D eigenvalue weighted by molar-refractivity contribution is 0.0784. The van der Waals surface area contributed by atoms with Gasteiger partial charge in [0.05, 0.1) is 6.61 Å². The molecule has 3 aliphatic rings. The van der Waals surface area contributed by atoms with Crippen LogP contribution in [0.3, 0.4) is 0 Å². The number of nitrogens with one attached hydrogen (secondary N) is 1. The Morgan fingerprint density at radius 2 is 1.92 bits per heavy atom. The van der Waals surface area contributed by atoms with Gasteiger partial charge in [0, 0.05) is 30.5 Å². The van der Waals surface area contributed by atoms with Crippen molar-refractivity contribution in [1.82, 2.24) is 20.1 Å². The lowest BCUT2D eigenvalue weighted by Gasteiger charge is -2.16. The summed E-state index contributed by atoms with van der Waals surface area (Å²) in [6.45, 7) is 1.51. The van der Waals surface area contributed by atoms with Crippen molar-refractivity contribution in [1.29, 1.82) is 0 Å². The number of benzene rings is 1. The first-order chi connectivity index (χ1) is 12.7. The van der Waals surface area contributed by atoms with Crippen LogP contribution in [-0.2, 0) is 6.61 Å². The van der Waals surface area contributed by atoms with Crippen molar-refractivity contribution in [2.45, 2.75) is 44.1 Å². The predicted molar refractivity (Wildman–Crippen MR) is 95.6 cm³/mol. The summed E-state index contributed by atoms with van der Waals surface area (Å²) in [6, 6.07) is 7.26. The second-order valence-electron chi connectivity index (χ2n) is 8.03. The summed E-state index contributed by atoms with van der Waals surface area (Å²) in [5, 5.41) is 16.8. The topological polar surface area (TPSA) is 82.1 Å². The van der Waals surface area contributed by atoms with Gasteiger partial charge in [-0.15, -0.1) is 0 Å². The molecule has 1 aromatic carbocycles. The Labute approximate surface area is 152 Å². The standard InChI is InChI=1S/C20H24N4O2/c25-11-12-1-3-15(4-2-12)20(26)24-9-16(13-5-6-13)17(10-24)19-21-18(22-23-19)14-7-8-14/h1-4,13-14,16-17,25H,5-11H2,(H,21,22,23)/t16-,17+/m1/s1. The van der Waals surface area contributed by atoms with Crippen LogP contribution in [0, 0.1) is 11.8 Å². The van der Waals surface area contributed by atoms with Crippen molar-refractivity contribution in [2.75, 3.05) is 13.1 Å².